The van der Waals surface area contributed by atoms with Gasteiger partial charge in [0.2, 0.25) is 11.8 Å². The van der Waals surface area contributed by atoms with Crippen LogP contribution in [0, 0.1) is 11.7 Å². The number of rotatable bonds is 11. The second-order valence-corrected chi connectivity index (χ2v) is 8.63. The number of methoxy groups -OCH3 is 1. The summed E-state index contributed by atoms with van der Waals surface area (Å²) in [4.78, 5) is 39.2. The fourth-order valence-corrected chi connectivity index (χ4v) is 4.04. The number of carbonyl (C=O) groups excluding carboxylic acids is 3. The van der Waals surface area contributed by atoms with E-state index in [4.69, 9.17) is 14.2 Å². The number of nitrogens with one attached hydrogen (secondary N) is 3. The molecule has 0 aromatic heterocycles. The number of hydrogen-bond acceptors (Lipinski definition) is 7. The molecule has 0 aliphatic carbocycles. The number of hydrogen-bond donors (Lipinski definition) is 3. The van der Waals surface area contributed by atoms with Crippen LogP contribution in [0.3, 0.4) is 0 Å². The van der Waals surface area contributed by atoms with Crippen molar-refractivity contribution >= 4 is 34.8 Å². The van der Waals surface area contributed by atoms with Gasteiger partial charge in [0.05, 0.1) is 25.3 Å². The molecule has 0 spiro atoms. The highest BCUT2D eigenvalue weighted by atomic mass is 19.1. The third-order valence-electron chi connectivity index (χ3n) is 5.95. The Kier molecular flexibility index (Phi) is 8.82. The summed E-state index contributed by atoms with van der Waals surface area (Å²) < 4.78 is 29.7. The van der Waals surface area contributed by atoms with Gasteiger partial charge < -0.3 is 24.4 Å². The number of benzene rings is 3. The molecule has 1 saturated heterocycles. The number of hydrazine groups is 1. The third-order valence-corrected chi connectivity index (χ3v) is 5.95. The lowest BCUT2D eigenvalue weighted by Gasteiger charge is -2.18. The van der Waals surface area contributed by atoms with E-state index in [9.17, 15) is 18.8 Å². The van der Waals surface area contributed by atoms with E-state index in [0.717, 1.165) is 0 Å². The van der Waals surface area contributed by atoms with Crippen LogP contribution in [0.5, 0.6) is 17.2 Å². The van der Waals surface area contributed by atoms with E-state index in [-0.39, 0.29) is 31.2 Å². The fourth-order valence-electron chi connectivity index (χ4n) is 4.04. The SMILES string of the molecule is CCOc1ccc(NC(=O)COc2c(NNC(=O)[C@H]3CC(=O)N(c4ccc(F)cc4)C3)cccc2OC)cc1. The minimum atomic E-state index is -0.620. The number of halogens is 1. The molecule has 1 aliphatic rings. The van der Waals surface area contributed by atoms with Gasteiger partial charge in [-0.05, 0) is 67.6 Å². The predicted octanol–water partition coefficient (Wildman–Crippen LogP) is 3.75. The van der Waals surface area contributed by atoms with Crippen LogP contribution in [-0.2, 0) is 14.4 Å². The summed E-state index contributed by atoms with van der Waals surface area (Å²) in [7, 11) is 1.46. The molecule has 0 radical (unpaired) electrons. The van der Waals surface area contributed by atoms with E-state index < -0.39 is 23.5 Å². The summed E-state index contributed by atoms with van der Waals surface area (Å²) in [6.07, 6.45) is 0.0120. The average Bonchev–Trinajstić information content (AvgIpc) is 3.33. The highest BCUT2D eigenvalue weighted by molar-refractivity contribution is 6.00. The third kappa shape index (κ3) is 6.95. The minimum Gasteiger partial charge on any atom is -0.494 e. The Morgan fingerprint density at radius 2 is 1.77 bits per heavy atom. The molecule has 39 heavy (non-hydrogen) atoms. The average molecular weight is 537 g/mol. The van der Waals surface area contributed by atoms with Crippen molar-refractivity contribution in [2.75, 3.05) is 42.5 Å². The van der Waals surface area contributed by atoms with Crippen molar-refractivity contribution in [1.82, 2.24) is 5.43 Å². The molecule has 3 amide bonds. The summed E-state index contributed by atoms with van der Waals surface area (Å²) in [6, 6.07) is 17.5. The molecule has 0 unspecified atom stereocenters. The Labute approximate surface area is 225 Å². The van der Waals surface area contributed by atoms with Gasteiger partial charge in [-0.2, -0.15) is 0 Å². The van der Waals surface area contributed by atoms with Gasteiger partial charge in [-0.15, -0.1) is 0 Å². The van der Waals surface area contributed by atoms with E-state index in [2.05, 4.69) is 16.2 Å². The van der Waals surface area contributed by atoms with Gasteiger partial charge >= 0.3 is 0 Å². The molecule has 10 nitrogen and oxygen atoms in total. The highest BCUT2D eigenvalue weighted by Crippen LogP contribution is 2.35. The Morgan fingerprint density at radius 1 is 1.03 bits per heavy atom. The standard InChI is InChI=1S/C28H29FN4O6/c1-3-38-22-13-9-20(10-14-22)30-25(34)17-39-27-23(5-4-6-24(27)37-2)31-32-28(36)18-15-26(35)33(16-18)21-11-7-19(29)8-12-21/h4-14,18,31H,3,15-17H2,1-2H3,(H,30,34)(H,32,36)/t18-/m0/s1. The van der Waals surface area contributed by atoms with Gasteiger partial charge in [0.15, 0.2) is 18.1 Å². The van der Waals surface area contributed by atoms with Gasteiger partial charge in [0.1, 0.15) is 11.6 Å². The van der Waals surface area contributed by atoms with Crippen LogP contribution in [0.2, 0.25) is 0 Å². The Morgan fingerprint density at radius 3 is 2.46 bits per heavy atom. The van der Waals surface area contributed by atoms with Crippen molar-refractivity contribution in [2.24, 2.45) is 5.92 Å². The zero-order chi connectivity index (χ0) is 27.8. The zero-order valence-corrected chi connectivity index (χ0v) is 21.5. The van der Waals surface area contributed by atoms with Crippen LogP contribution >= 0.6 is 0 Å². The van der Waals surface area contributed by atoms with Crippen LogP contribution in [0.4, 0.5) is 21.5 Å². The fraction of sp³-hybridized carbons (Fsp3) is 0.250. The number of anilines is 3. The number of amides is 3. The first kappa shape index (κ1) is 27.2. The smallest absolute Gasteiger partial charge is 0.262 e. The predicted molar refractivity (Wildman–Crippen MR) is 143 cm³/mol. The molecule has 3 aromatic rings. The lowest BCUT2D eigenvalue weighted by Crippen LogP contribution is -2.36. The van der Waals surface area contributed by atoms with Crippen molar-refractivity contribution in [3.63, 3.8) is 0 Å². The maximum atomic E-state index is 13.2. The molecule has 1 fully saturated rings. The molecule has 3 aromatic carbocycles. The maximum absolute atomic E-state index is 13.2. The molecule has 4 rings (SSSR count). The summed E-state index contributed by atoms with van der Waals surface area (Å²) in [5.74, 6) is -0.798. The second kappa shape index (κ2) is 12.6. The molecular weight excluding hydrogens is 507 g/mol. The molecular formula is C28H29FN4O6. The minimum absolute atomic E-state index is 0.0120. The van der Waals surface area contributed by atoms with Crippen molar-refractivity contribution in [2.45, 2.75) is 13.3 Å². The number of ether oxygens (including phenoxy) is 3. The van der Waals surface area contributed by atoms with Crippen molar-refractivity contribution in [3.05, 3.63) is 72.5 Å². The first-order valence-corrected chi connectivity index (χ1v) is 12.3. The van der Waals surface area contributed by atoms with Gasteiger partial charge in [0.25, 0.3) is 5.91 Å². The van der Waals surface area contributed by atoms with Crippen LogP contribution in [0.25, 0.3) is 0 Å². The number of para-hydroxylation sites is 1. The summed E-state index contributed by atoms with van der Waals surface area (Å²) in [6.45, 7) is 2.27. The summed E-state index contributed by atoms with van der Waals surface area (Å²) in [5.41, 5.74) is 6.87. The molecule has 3 N–H and O–H groups in total. The van der Waals surface area contributed by atoms with Gasteiger partial charge in [-0.1, -0.05) is 6.07 Å². The summed E-state index contributed by atoms with van der Waals surface area (Å²) in [5, 5.41) is 2.74. The van der Waals surface area contributed by atoms with Gasteiger partial charge in [-0.25, -0.2) is 4.39 Å². The van der Waals surface area contributed by atoms with Crippen LogP contribution in [0.15, 0.2) is 66.7 Å². The van der Waals surface area contributed by atoms with E-state index in [1.54, 1.807) is 42.5 Å². The molecule has 0 bridgehead atoms. The van der Waals surface area contributed by atoms with E-state index in [1.807, 2.05) is 6.92 Å². The number of carbonyl (C=O) groups is 3. The van der Waals surface area contributed by atoms with E-state index in [0.29, 0.717) is 35.2 Å². The van der Waals surface area contributed by atoms with Crippen LogP contribution in [-0.4, -0.2) is 44.6 Å². The largest absolute Gasteiger partial charge is 0.494 e. The molecule has 1 atom stereocenters. The zero-order valence-electron chi connectivity index (χ0n) is 21.5. The van der Waals surface area contributed by atoms with Crippen LogP contribution < -0.4 is 35.3 Å². The number of nitrogens with zero attached hydrogens (tertiary/aromatic N) is 1. The van der Waals surface area contributed by atoms with Crippen LogP contribution in [0.1, 0.15) is 13.3 Å². The Hall–Kier alpha value is -4.80. The van der Waals surface area contributed by atoms with Crippen molar-refractivity contribution < 1.29 is 33.0 Å². The molecule has 11 heteroatoms. The first-order valence-electron chi connectivity index (χ1n) is 12.3. The van der Waals surface area contributed by atoms with Gasteiger partial charge in [0, 0.05) is 24.3 Å². The van der Waals surface area contributed by atoms with E-state index in [1.165, 1.54) is 36.3 Å². The second-order valence-electron chi connectivity index (χ2n) is 8.63. The Bertz CT molecular complexity index is 1320. The normalized spacial score (nSPS) is 14.5. The first-order chi connectivity index (χ1) is 18.9. The van der Waals surface area contributed by atoms with Crippen molar-refractivity contribution in [3.8, 4) is 17.2 Å². The Balaban J connectivity index is 1.35. The molecule has 0 saturated carbocycles. The summed E-state index contributed by atoms with van der Waals surface area (Å²) >= 11 is 0. The van der Waals surface area contributed by atoms with Crippen molar-refractivity contribution in [1.29, 1.82) is 0 Å². The topological polar surface area (TPSA) is 118 Å². The highest BCUT2D eigenvalue weighted by Gasteiger charge is 2.35. The molecule has 1 heterocycles. The lowest BCUT2D eigenvalue weighted by molar-refractivity contribution is -0.125. The van der Waals surface area contributed by atoms with Gasteiger partial charge in [-0.3, -0.25) is 25.2 Å². The molecule has 1 aliphatic heterocycles. The monoisotopic (exact) mass is 536 g/mol. The lowest BCUT2D eigenvalue weighted by atomic mass is 10.1. The molecule has 204 valence electrons. The van der Waals surface area contributed by atoms with E-state index >= 15 is 0 Å². The quantitative estimate of drug-likeness (QED) is 0.320. The maximum Gasteiger partial charge on any atom is 0.262 e.